The van der Waals surface area contributed by atoms with Crippen LogP contribution in [-0.4, -0.2) is 0 Å². The zero-order chi connectivity index (χ0) is 0. The van der Waals surface area contributed by atoms with Crippen molar-refractivity contribution in [1.29, 1.82) is 0 Å². The van der Waals surface area contributed by atoms with Gasteiger partial charge in [0.05, 0.1) is 0 Å². The van der Waals surface area contributed by atoms with E-state index in [1.54, 1.807) is 0 Å². The molecule has 0 aliphatic heterocycles. The van der Waals surface area contributed by atoms with Crippen molar-refractivity contribution in [2.45, 2.75) is 0 Å². The first kappa shape index (κ1) is 188. The van der Waals surface area contributed by atoms with Crippen LogP contribution >= 0.6 is 0 Å². The third-order valence-corrected chi connectivity index (χ3v) is 0. The minimum Gasteiger partial charge on any atom is -2.00 e. The van der Waals surface area contributed by atoms with Crippen LogP contribution in [0.3, 0.4) is 0 Å². The van der Waals surface area contributed by atoms with Gasteiger partial charge in [0.15, 0.2) is 0 Å². The molecule has 52 valence electrons. The molecule has 0 rings (SSSR count). The van der Waals surface area contributed by atoms with Gasteiger partial charge in [-0.2, -0.15) is 0 Å². The van der Waals surface area contributed by atoms with Crippen LogP contribution in [0.15, 0.2) is 0 Å². The number of rotatable bonds is 0. The second-order valence-electron chi connectivity index (χ2n) is 0. The van der Waals surface area contributed by atoms with Crippen LogP contribution in [0.4, 0.5) is 0 Å². The molecule has 0 aromatic heterocycles. The van der Waals surface area contributed by atoms with Gasteiger partial charge in [0.25, 0.3) is 0 Å². The molecular weight excluding hydrogens is 633 g/mol. The Bertz CT molecular complexity index is 12.9. The van der Waals surface area contributed by atoms with Crippen LogP contribution in [0, 0.1) is 0 Å². The van der Waals surface area contributed by atoms with Crippen molar-refractivity contribution >= 4 is 0 Å². The SMILES string of the molecule is [Nb+5].[Nb+5].[O-2].[O-2].[O-2].[O-2].[O-2].[W].[W]. The monoisotopic (exact) mass is 634 g/mol. The van der Waals surface area contributed by atoms with Gasteiger partial charge in [0.1, 0.15) is 0 Å². The van der Waals surface area contributed by atoms with Gasteiger partial charge in [0, 0.05) is 42.1 Å². The third-order valence-electron chi connectivity index (χ3n) is 0. The van der Waals surface area contributed by atoms with E-state index in [2.05, 4.69) is 0 Å². The maximum atomic E-state index is 0. The largest absolute Gasteiger partial charge is 5.00 e. The van der Waals surface area contributed by atoms with Gasteiger partial charge in [-0.05, 0) is 0 Å². The summed E-state index contributed by atoms with van der Waals surface area (Å²) in [5, 5.41) is 0. The predicted octanol–water partition coefficient (Wildman–Crippen LogP) is -0.604. The van der Waals surface area contributed by atoms with Gasteiger partial charge < -0.3 is 27.4 Å². The maximum absolute atomic E-state index is 0. The summed E-state index contributed by atoms with van der Waals surface area (Å²) >= 11 is 0. The molecule has 0 aliphatic rings. The zero-order valence-corrected chi connectivity index (χ0v) is 14.0. The average molecular weight is 633 g/mol. The molecule has 0 heterocycles. The molecule has 0 fully saturated rings. The maximum Gasteiger partial charge on any atom is 5.00 e. The molecule has 0 spiro atoms. The molecule has 5 nitrogen and oxygen atoms in total. The fourth-order valence-electron chi connectivity index (χ4n) is 0. The topological polar surface area (TPSA) is 142 Å². The van der Waals surface area contributed by atoms with Crippen molar-refractivity contribution in [2.75, 3.05) is 0 Å². The minimum absolute atomic E-state index is 0. The van der Waals surface area contributed by atoms with Gasteiger partial charge in [-0.3, -0.25) is 0 Å². The van der Waals surface area contributed by atoms with Crippen molar-refractivity contribution < 1.29 is 114 Å². The summed E-state index contributed by atoms with van der Waals surface area (Å²) in [4.78, 5) is 0. The molecule has 0 saturated carbocycles. The van der Waals surface area contributed by atoms with E-state index in [0.29, 0.717) is 0 Å². The summed E-state index contributed by atoms with van der Waals surface area (Å²) in [6.45, 7) is 0. The van der Waals surface area contributed by atoms with Gasteiger partial charge >= 0.3 is 44.8 Å². The molecule has 0 radical (unpaired) electrons. The minimum atomic E-state index is 0. The predicted molar refractivity (Wildman–Crippen MR) is 3.43 cm³/mol. The molecule has 9 heteroatoms. The summed E-state index contributed by atoms with van der Waals surface area (Å²) in [6, 6.07) is 0. The Morgan fingerprint density at radius 2 is 0.333 bits per heavy atom. The van der Waals surface area contributed by atoms with E-state index >= 15 is 0 Å². The van der Waals surface area contributed by atoms with Crippen LogP contribution in [0.2, 0.25) is 0 Å². The Morgan fingerprint density at radius 1 is 0.333 bits per heavy atom. The second-order valence-corrected chi connectivity index (χ2v) is 0. The summed E-state index contributed by atoms with van der Waals surface area (Å²) < 4.78 is 0. The van der Waals surface area contributed by atoms with Crippen LogP contribution < -0.4 is 0 Å². The van der Waals surface area contributed by atoms with Crippen molar-refractivity contribution in [3.63, 3.8) is 0 Å². The Morgan fingerprint density at radius 3 is 0.333 bits per heavy atom. The van der Waals surface area contributed by atoms with E-state index in [9.17, 15) is 0 Å². The molecule has 0 amide bonds. The van der Waals surface area contributed by atoms with E-state index in [1.807, 2.05) is 0 Å². The molecule has 0 atom stereocenters. The van der Waals surface area contributed by atoms with Crippen LogP contribution in [0.5, 0.6) is 0 Å². The molecule has 0 N–H and O–H groups in total. The Hall–Kier alpha value is 2.66. The molecule has 0 saturated heterocycles. The normalized spacial score (nSPS) is 0. The van der Waals surface area contributed by atoms with Crippen molar-refractivity contribution in [1.82, 2.24) is 0 Å². The summed E-state index contributed by atoms with van der Waals surface area (Å²) in [5.41, 5.74) is 0. The van der Waals surface area contributed by atoms with E-state index in [4.69, 9.17) is 0 Å². The summed E-state index contributed by atoms with van der Waals surface area (Å²) in [7, 11) is 0. The standard InChI is InChI=1S/2Nb.5O.2W/q2*+5;5*-2;;. The fourth-order valence-corrected chi connectivity index (χ4v) is 0. The molecule has 9 heavy (non-hydrogen) atoms. The van der Waals surface area contributed by atoms with E-state index in [0.717, 1.165) is 0 Å². The third kappa shape index (κ3) is 113. The van der Waals surface area contributed by atoms with E-state index in [1.165, 1.54) is 0 Å². The van der Waals surface area contributed by atoms with Crippen molar-refractivity contribution in [3.05, 3.63) is 0 Å². The smallest absolute Gasteiger partial charge is 2.00 e. The molecule has 0 bridgehead atoms. The Kier molecular flexibility index (Phi) is 2930. The molecule has 0 aromatic carbocycles. The Labute approximate surface area is 113 Å². The van der Waals surface area contributed by atoms with Gasteiger partial charge in [0.2, 0.25) is 0 Å². The first-order valence-electron chi connectivity index (χ1n) is 0. The number of hydrogen-bond acceptors (Lipinski definition) is 0. The number of hydrogen-bond donors (Lipinski definition) is 0. The van der Waals surface area contributed by atoms with Gasteiger partial charge in [-0.1, -0.05) is 0 Å². The second kappa shape index (κ2) is 141. The van der Waals surface area contributed by atoms with E-state index in [-0.39, 0.29) is 114 Å². The summed E-state index contributed by atoms with van der Waals surface area (Å²) in [6.07, 6.45) is 0. The average Bonchev–Trinajstić information content (AvgIpc) is 0. The first-order valence-corrected chi connectivity index (χ1v) is 0. The quantitative estimate of drug-likeness (QED) is 0.314. The van der Waals surface area contributed by atoms with Crippen LogP contribution in [0.25, 0.3) is 0 Å². The van der Waals surface area contributed by atoms with E-state index < -0.39 is 0 Å². The first-order chi connectivity index (χ1) is 0. The van der Waals surface area contributed by atoms with Crippen LogP contribution in [-0.2, 0) is 114 Å². The summed E-state index contributed by atoms with van der Waals surface area (Å²) in [5.74, 6) is 0. The van der Waals surface area contributed by atoms with Crippen molar-refractivity contribution in [3.8, 4) is 0 Å². The zero-order valence-electron chi connectivity index (χ0n) is 3.75. The molecule has 0 aromatic rings. The van der Waals surface area contributed by atoms with Crippen LogP contribution in [0.1, 0.15) is 0 Å². The van der Waals surface area contributed by atoms with Gasteiger partial charge in [-0.15, -0.1) is 0 Å². The molecular formula is Nb2O5W2. The van der Waals surface area contributed by atoms with Crippen molar-refractivity contribution in [2.24, 2.45) is 0 Å². The van der Waals surface area contributed by atoms with Gasteiger partial charge in [-0.25, -0.2) is 0 Å². The molecule has 0 aliphatic carbocycles. The Balaban J connectivity index is 0. The fraction of sp³-hybridized carbons (Fsp3) is 0. The molecule has 0 unspecified atom stereocenters.